The van der Waals surface area contributed by atoms with Gasteiger partial charge in [0, 0.05) is 23.4 Å². The number of rotatable bonds is 5. The van der Waals surface area contributed by atoms with Crippen LogP contribution in [0.1, 0.15) is 91.6 Å². The highest BCUT2D eigenvalue weighted by Crippen LogP contribution is 2.46. The van der Waals surface area contributed by atoms with Crippen molar-refractivity contribution in [3.8, 4) is 22.6 Å². The predicted molar refractivity (Wildman–Crippen MR) is 161 cm³/mol. The van der Waals surface area contributed by atoms with E-state index in [0.717, 1.165) is 54.4 Å². The van der Waals surface area contributed by atoms with Gasteiger partial charge >= 0.3 is 5.97 Å². The molecule has 0 radical (unpaired) electrons. The molecule has 0 saturated heterocycles. The van der Waals surface area contributed by atoms with Crippen molar-refractivity contribution in [3.05, 3.63) is 81.0 Å². The van der Waals surface area contributed by atoms with Crippen molar-refractivity contribution < 1.29 is 28.6 Å². The largest absolute Gasteiger partial charge is 0.497 e. The molecule has 1 amide bonds. The van der Waals surface area contributed by atoms with Crippen LogP contribution >= 0.6 is 0 Å². The normalized spacial score (nSPS) is 19.6. The first-order valence-corrected chi connectivity index (χ1v) is 15.0. The van der Waals surface area contributed by atoms with Crippen molar-refractivity contribution >= 4 is 11.9 Å². The number of benzene rings is 2. The van der Waals surface area contributed by atoms with Gasteiger partial charge in [-0.25, -0.2) is 4.39 Å². The SMILES string of the molecule is COc1ccn([C@H]2CCCCCCOc3cc(C)cc(C)c3-c3cc(C4CC4)c(F)c(c3)[C@H](CC(=O)O)NC2=O)c(=O)c1. The van der Waals surface area contributed by atoms with E-state index in [0.29, 0.717) is 36.5 Å². The maximum absolute atomic E-state index is 16.3. The van der Waals surface area contributed by atoms with Crippen LogP contribution in [0.3, 0.4) is 0 Å². The van der Waals surface area contributed by atoms with E-state index in [-0.39, 0.29) is 11.5 Å². The summed E-state index contributed by atoms with van der Waals surface area (Å²) in [6.45, 7) is 4.49. The maximum Gasteiger partial charge on any atom is 0.305 e. The highest BCUT2D eigenvalue weighted by atomic mass is 19.1. The Hall–Kier alpha value is -4.14. The molecule has 8 nitrogen and oxygen atoms in total. The Labute approximate surface area is 250 Å². The number of aliphatic carboxylic acids is 1. The molecule has 2 atom stereocenters. The van der Waals surface area contributed by atoms with E-state index in [9.17, 15) is 19.5 Å². The molecule has 1 saturated carbocycles. The molecule has 3 aromatic rings. The van der Waals surface area contributed by atoms with E-state index in [1.54, 1.807) is 12.1 Å². The first-order valence-electron chi connectivity index (χ1n) is 15.0. The molecule has 0 unspecified atom stereocenters. The third-order valence-corrected chi connectivity index (χ3v) is 8.37. The Kier molecular flexibility index (Phi) is 9.18. The number of fused-ring (bicyclic) bond motifs is 4. The Morgan fingerprint density at radius 1 is 1.05 bits per heavy atom. The molecule has 43 heavy (non-hydrogen) atoms. The fraction of sp³-hybridized carbons (Fsp3) is 0.441. The number of hydrogen-bond acceptors (Lipinski definition) is 5. The molecule has 1 aliphatic heterocycles. The van der Waals surface area contributed by atoms with Gasteiger partial charge in [-0.1, -0.05) is 25.3 Å². The highest BCUT2D eigenvalue weighted by molar-refractivity contribution is 5.82. The smallest absolute Gasteiger partial charge is 0.305 e. The zero-order chi connectivity index (χ0) is 30.7. The van der Waals surface area contributed by atoms with E-state index < -0.39 is 41.8 Å². The summed E-state index contributed by atoms with van der Waals surface area (Å²) in [7, 11) is 1.46. The summed E-state index contributed by atoms with van der Waals surface area (Å²) in [5.74, 6) is -1.09. The molecule has 0 spiro atoms. The second kappa shape index (κ2) is 13.0. The predicted octanol–water partition coefficient (Wildman–Crippen LogP) is 6.37. The first kappa shape index (κ1) is 30.3. The van der Waals surface area contributed by atoms with Crippen LogP contribution in [0, 0.1) is 19.7 Å². The van der Waals surface area contributed by atoms with Gasteiger partial charge in [0.15, 0.2) is 0 Å². The van der Waals surface area contributed by atoms with E-state index in [4.69, 9.17) is 9.47 Å². The number of carbonyl (C=O) groups excluding carboxylic acids is 1. The average molecular weight is 591 g/mol. The van der Waals surface area contributed by atoms with Crippen molar-refractivity contribution in [2.75, 3.05) is 13.7 Å². The van der Waals surface area contributed by atoms with Gasteiger partial charge in [0.2, 0.25) is 5.91 Å². The van der Waals surface area contributed by atoms with Crippen molar-refractivity contribution in [1.29, 1.82) is 0 Å². The Balaban J connectivity index is 1.65. The molecule has 2 N–H and O–H groups in total. The third kappa shape index (κ3) is 6.92. The van der Waals surface area contributed by atoms with Crippen molar-refractivity contribution in [2.45, 2.75) is 83.2 Å². The minimum absolute atomic E-state index is 0.0335. The van der Waals surface area contributed by atoms with Crippen molar-refractivity contribution in [2.24, 2.45) is 0 Å². The standard InChI is InChI=1S/C34H39FN2O6/c1-20-14-21(2)32-23-16-25(22-9-10-22)33(35)26(17-23)27(19-31(39)40)36-34(41)28(37-12-11-24(42-3)18-30(37)38)8-6-4-5-7-13-43-29(32)15-20/h11-12,14-18,22,27-28H,4-10,13,19H2,1-3H3,(H,36,41)(H,39,40)/t27-,28-/m0/s1. The van der Waals surface area contributed by atoms with E-state index >= 15 is 4.39 Å². The number of aromatic nitrogens is 1. The van der Waals surface area contributed by atoms with Gasteiger partial charge in [-0.3, -0.25) is 14.4 Å². The first-order chi connectivity index (χ1) is 20.7. The maximum atomic E-state index is 16.3. The van der Waals surface area contributed by atoms with E-state index in [1.165, 1.54) is 23.9 Å². The molecular weight excluding hydrogens is 551 g/mol. The molecule has 2 heterocycles. The van der Waals surface area contributed by atoms with Crippen molar-refractivity contribution in [1.82, 2.24) is 9.88 Å². The quantitative estimate of drug-likeness (QED) is 0.358. The van der Waals surface area contributed by atoms with Crippen LogP contribution in [0.25, 0.3) is 11.1 Å². The summed E-state index contributed by atoms with van der Waals surface area (Å²) >= 11 is 0. The van der Waals surface area contributed by atoms with E-state index in [1.807, 2.05) is 32.0 Å². The minimum atomic E-state index is -1.17. The fourth-order valence-corrected chi connectivity index (χ4v) is 6.08. The molecule has 5 rings (SSSR count). The summed E-state index contributed by atoms with van der Waals surface area (Å²) in [6.07, 6.45) is 6.20. The van der Waals surface area contributed by atoms with Crippen molar-refractivity contribution in [3.63, 3.8) is 0 Å². The number of methoxy groups -OCH3 is 1. The average Bonchev–Trinajstić information content (AvgIpc) is 3.79. The number of amides is 1. The van der Waals surface area contributed by atoms with Gasteiger partial charge < -0.3 is 24.5 Å². The van der Waals surface area contributed by atoms with Gasteiger partial charge in [0.05, 0.1) is 26.2 Å². The summed E-state index contributed by atoms with van der Waals surface area (Å²) < 4.78 is 29.1. The molecule has 228 valence electrons. The molecule has 9 heteroatoms. The number of carboxylic acid groups (broad SMARTS) is 1. The second-order valence-electron chi connectivity index (χ2n) is 11.7. The zero-order valence-corrected chi connectivity index (χ0v) is 25.0. The number of hydrogen-bond donors (Lipinski definition) is 2. The molecule has 2 aromatic carbocycles. The lowest BCUT2D eigenvalue weighted by atomic mass is 9.90. The number of nitrogens with zero attached hydrogens (tertiary/aromatic N) is 1. The summed E-state index contributed by atoms with van der Waals surface area (Å²) in [4.78, 5) is 39.0. The van der Waals surface area contributed by atoms with Crippen LogP contribution in [0.4, 0.5) is 4.39 Å². The number of aryl methyl sites for hydroxylation is 2. The number of nitrogens with one attached hydrogen (secondary N) is 1. The lowest BCUT2D eigenvalue weighted by molar-refractivity contribution is -0.138. The molecule has 1 aliphatic carbocycles. The lowest BCUT2D eigenvalue weighted by Gasteiger charge is -2.26. The Bertz CT molecular complexity index is 1580. The molecule has 1 fully saturated rings. The van der Waals surface area contributed by atoms with Gasteiger partial charge in [0.25, 0.3) is 5.56 Å². The number of pyridine rings is 1. The molecule has 1 aromatic heterocycles. The van der Waals surface area contributed by atoms with Crippen LogP contribution in [0.2, 0.25) is 0 Å². The zero-order valence-electron chi connectivity index (χ0n) is 25.0. The Morgan fingerprint density at radius 2 is 1.79 bits per heavy atom. The molecular formula is C34H39FN2O6. The minimum Gasteiger partial charge on any atom is -0.497 e. The number of ether oxygens (including phenoxy) is 2. The summed E-state index contributed by atoms with van der Waals surface area (Å²) in [6, 6.07) is 8.40. The van der Waals surface area contributed by atoms with Crippen LogP contribution in [0.15, 0.2) is 47.4 Å². The monoisotopic (exact) mass is 590 g/mol. The molecule has 2 bridgehead atoms. The fourth-order valence-electron chi connectivity index (χ4n) is 6.08. The van der Waals surface area contributed by atoms with Gasteiger partial charge in [-0.15, -0.1) is 0 Å². The number of halogens is 1. The second-order valence-corrected chi connectivity index (χ2v) is 11.7. The third-order valence-electron chi connectivity index (χ3n) is 8.37. The number of carbonyl (C=O) groups is 2. The Morgan fingerprint density at radius 3 is 2.49 bits per heavy atom. The number of carboxylic acids is 1. The van der Waals surface area contributed by atoms with Crippen LogP contribution in [-0.4, -0.2) is 35.3 Å². The van der Waals surface area contributed by atoms with Gasteiger partial charge in [0.1, 0.15) is 23.4 Å². The summed E-state index contributed by atoms with van der Waals surface area (Å²) in [5.41, 5.74) is 3.80. The van der Waals surface area contributed by atoms with Gasteiger partial charge in [-0.05, 0) is 92.0 Å². The van der Waals surface area contributed by atoms with Gasteiger partial charge in [-0.2, -0.15) is 0 Å². The van der Waals surface area contributed by atoms with Crippen LogP contribution in [0.5, 0.6) is 11.5 Å². The van der Waals surface area contributed by atoms with Crippen LogP contribution in [-0.2, 0) is 9.59 Å². The summed E-state index contributed by atoms with van der Waals surface area (Å²) in [5, 5.41) is 12.7. The van der Waals surface area contributed by atoms with Crippen LogP contribution < -0.4 is 20.3 Å². The molecule has 2 aliphatic rings. The highest BCUT2D eigenvalue weighted by Gasteiger charge is 2.33. The lowest BCUT2D eigenvalue weighted by Crippen LogP contribution is -2.39. The topological polar surface area (TPSA) is 107 Å². The van der Waals surface area contributed by atoms with E-state index in [2.05, 4.69) is 5.32 Å².